The standard InChI is InChI=1S/C19H18N4O6S/c1-10-5-15-20-12(8-16(24)23(15)29-10)9-30-19-22-21-18(28-19)11-6-13(25-2)17(27-4)14(7-11)26-3/h5-8H,9H2,1-4H3. The number of rotatable bonds is 7. The van der Waals surface area contributed by atoms with Crippen LogP contribution in [0.1, 0.15) is 11.5 Å². The summed E-state index contributed by atoms with van der Waals surface area (Å²) in [5.41, 5.74) is 1.38. The van der Waals surface area contributed by atoms with Crippen LogP contribution in [0, 0.1) is 6.92 Å². The summed E-state index contributed by atoms with van der Waals surface area (Å²) in [6, 6.07) is 6.56. The first kappa shape index (κ1) is 19.8. The Kier molecular flexibility index (Phi) is 5.36. The zero-order valence-corrected chi connectivity index (χ0v) is 17.5. The quantitative estimate of drug-likeness (QED) is 0.405. The predicted molar refractivity (Wildman–Crippen MR) is 107 cm³/mol. The molecule has 3 heterocycles. The fraction of sp³-hybridized carbons (Fsp3) is 0.263. The van der Waals surface area contributed by atoms with Gasteiger partial charge in [-0.3, -0.25) is 4.79 Å². The van der Waals surface area contributed by atoms with Gasteiger partial charge in [-0.25, -0.2) is 4.98 Å². The number of hydrogen-bond acceptors (Lipinski definition) is 10. The van der Waals surface area contributed by atoms with E-state index in [0.29, 0.717) is 56.8 Å². The van der Waals surface area contributed by atoms with E-state index in [4.69, 9.17) is 23.2 Å². The van der Waals surface area contributed by atoms with E-state index in [2.05, 4.69) is 15.2 Å². The van der Waals surface area contributed by atoms with Crippen molar-refractivity contribution < 1.29 is 23.2 Å². The molecule has 3 aromatic heterocycles. The fourth-order valence-electron chi connectivity index (χ4n) is 2.87. The minimum absolute atomic E-state index is 0.285. The highest BCUT2D eigenvalue weighted by molar-refractivity contribution is 7.98. The molecule has 0 N–H and O–H groups in total. The minimum Gasteiger partial charge on any atom is -0.493 e. The lowest BCUT2D eigenvalue weighted by atomic mass is 10.2. The summed E-state index contributed by atoms with van der Waals surface area (Å²) in [4.78, 5) is 16.5. The van der Waals surface area contributed by atoms with Crippen LogP contribution < -0.4 is 19.8 Å². The van der Waals surface area contributed by atoms with Gasteiger partial charge in [0.25, 0.3) is 10.8 Å². The highest BCUT2D eigenvalue weighted by Crippen LogP contribution is 2.41. The van der Waals surface area contributed by atoms with E-state index in [9.17, 15) is 4.79 Å². The molecule has 0 saturated carbocycles. The Balaban J connectivity index is 1.56. The number of ether oxygens (including phenoxy) is 3. The van der Waals surface area contributed by atoms with Gasteiger partial charge in [-0.15, -0.1) is 14.8 Å². The number of hydrogen-bond donors (Lipinski definition) is 0. The van der Waals surface area contributed by atoms with Crippen molar-refractivity contribution in [2.75, 3.05) is 21.3 Å². The molecule has 0 fully saturated rings. The molecule has 11 heteroatoms. The van der Waals surface area contributed by atoms with Crippen LogP contribution in [0.2, 0.25) is 0 Å². The van der Waals surface area contributed by atoms with E-state index >= 15 is 0 Å². The van der Waals surface area contributed by atoms with Gasteiger partial charge in [0.15, 0.2) is 17.1 Å². The molecule has 1 aromatic carbocycles. The first-order valence-electron chi connectivity index (χ1n) is 8.78. The van der Waals surface area contributed by atoms with Gasteiger partial charge < -0.3 is 23.2 Å². The van der Waals surface area contributed by atoms with Crippen molar-refractivity contribution in [1.82, 2.24) is 19.8 Å². The third-order valence-corrected chi connectivity index (χ3v) is 5.04. The SMILES string of the molecule is COc1cc(-c2nnc(SCc3cc(=O)n4oc(C)cc4n3)o2)cc(OC)c1OC. The molecule has 0 amide bonds. The van der Waals surface area contributed by atoms with Gasteiger partial charge >= 0.3 is 0 Å². The number of aryl methyl sites for hydroxylation is 1. The summed E-state index contributed by atoms with van der Waals surface area (Å²) in [7, 11) is 4.59. The van der Waals surface area contributed by atoms with Crippen molar-refractivity contribution >= 4 is 17.4 Å². The normalized spacial score (nSPS) is 11.1. The maximum absolute atomic E-state index is 12.1. The van der Waals surface area contributed by atoms with Crippen molar-refractivity contribution in [1.29, 1.82) is 0 Å². The summed E-state index contributed by atoms with van der Waals surface area (Å²) in [5, 5.41) is 8.48. The van der Waals surface area contributed by atoms with Crippen LogP contribution in [0.25, 0.3) is 17.1 Å². The van der Waals surface area contributed by atoms with Crippen molar-refractivity contribution in [3.8, 4) is 28.7 Å². The number of methoxy groups -OCH3 is 3. The summed E-state index contributed by atoms with van der Waals surface area (Å²) in [5.74, 6) is 2.72. The minimum atomic E-state index is -0.285. The van der Waals surface area contributed by atoms with Crippen molar-refractivity contribution in [3.63, 3.8) is 0 Å². The molecule has 0 atom stereocenters. The lowest BCUT2D eigenvalue weighted by molar-refractivity contribution is 0.324. The second-order valence-electron chi connectivity index (χ2n) is 6.16. The molecule has 0 radical (unpaired) electrons. The fourth-order valence-corrected chi connectivity index (χ4v) is 3.53. The molecule has 4 rings (SSSR count). The monoisotopic (exact) mass is 430 g/mol. The Bertz CT molecular complexity index is 1240. The molecular weight excluding hydrogens is 412 g/mol. The zero-order valence-electron chi connectivity index (χ0n) is 16.7. The summed E-state index contributed by atoms with van der Waals surface area (Å²) >= 11 is 1.27. The molecule has 30 heavy (non-hydrogen) atoms. The molecule has 10 nitrogen and oxygen atoms in total. The molecule has 0 unspecified atom stereocenters. The number of thioether (sulfide) groups is 1. The average Bonchev–Trinajstić information content (AvgIpc) is 3.37. The van der Waals surface area contributed by atoms with Crippen LogP contribution in [-0.2, 0) is 5.75 Å². The largest absolute Gasteiger partial charge is 0.493 e. The van der Waals surface area contributed by atoms with Crippen LogP contribution in [0.15, 0.2) is 43.2 Å². The third-order valence-electron chi connectivity index (χ3n) is 4.19. The smallest absolute Gasteiger partial charge is 0.287 e. The Hall–Kier alpha value is -3.47. The number of fused-ring (bicyclic) bond motifs is 1. The summed E-state index contributed by atoms with van der Waals surface area (Å²) in [6.07, 6.45) is 0. The van der Waals surface area contributed by atoms with Gasteiger partial charge in [0.1, 0.15) is 5.76 Å². The first-order valence-corrected chi connectivity index (χ1v) is 9.77. The molecule has 0 saturated heterocycles. The first-order chi connectivity index (χ1) is 14.5. The van der Waals surface area contributed by atoms with E-state index in [0.717, 1.165) is 4.57 Å². The van der Waals surface area contributed by atoms with Crippen LogP contribution in [0.5, 0.6) is 17.2 Å². The van der Waals surface area contributed by atoms with Gasteiger partial charge in [0.05, 0.1) is 27.0 Å². The number of aromatic nitrogens is 4. The lowest BCUT2D eigenvalue weighted by Gasteiger charge is -2.12. The molecule has 0 bridgehead atoms. The van der Waals surface area contributed by atoms with Crippen molar-refractivity contribution in [2.45, 2.75) is 17.9 Å². The van der Waals surface area contributed by atoms with E-state index in [1.165, 1.54) is 39.2 Å². The van der Waals surface area contributed by atoms with Crippen LogP contribution in [0.4, 0.5) is 0 Å². The van der Waals surface area contributed by atoms with Crippen LogP contribution in [-0.4, -0.2) is 41.1 Å². The molecule has 0 aliphatic heterocycles. The predicted octanol–water partition coefficient (Wildman–Crippen LogP) is 2.96. The molecule has 0 spiro atoms. The summed E-state index contributed by atoms with van der Waals surface area (Å²) in [6.45, 7) is 1.76. The van der Waals surface area contributed by atoms with Crippen LogP contribution in [0.3, 0.4) is 0 Å². The lowest BCUT2D eigenvalue weighted by Crippen LogP contribution is -2.12. The Morgan fingerprint density at radius 3 is 2.43 bits per heavy atom. The molecule has 0 aliphatic carbocycles. The van der Waals surface area contributed by atoms with E-state index < -0.39 is 0 Å². The van der Waals surface area contributed by atoms with Gasteiger partial charge in [0, 0.05) is 23.4 Å². The maximum atomic E-state index is 12.1. The summed E-state index contributed by atoms with van der Waals surface area (Å²) < 4.78 is 28.2. The van der Waals surface area contributed by atoms with E-state index in [1.807, 2.05) is 0 Å². The Morgan fingerprint density at radius 2 is 1.77 bits per heavy atom. The highest BCUT2D eigenvalue weighted by atomic mass is 32.2. The second kappa shape index (κ2) is 8.11. The second-order valence-corrected chi connectivity index (χ2v) is 7.09. The molecule has 4 aromatic rings. The van der Waals surface area contributed by atoms with Crippen LogP contribution >= 0.6 is 11.8 Å². The van der Waals surface area contributed by atoms with E-state index in [1.54, 1.807) is 25.1 Å². The maximum Gasteiger partial charge on any atom is 0.287 e. The topological polar surface area (TPSA) is 114 Å². The van der Waals surface area contributed by atoms with E-state index in [-0.39, 0.29) is 5.56 Å². The molecule has 0 aliphatic rings. The Morgan fingerprint density at radius 1 is 1.03 bits per heavy atom. The third kappa shape index (κ3) is 3.71. The van der Waals surface area contributed by atoms with Gasteiger partial charge in [-0.05, 0) is 19.1 Å². The molecule has 156 valence electrons. The molecular formula is C19H18N4O6S. The average molecular weight is 430 g/mol. The van der Waals surface area contributed by atoms with Gasteiger partial charge in [-0.2, -0.15) is 0 Å². The highest BCUT2D eigenvalue weighted by Gasteiger charge is 2.18. The number of benzene rings is 1. The van der Waals surface area contributed by atoms with Gasteiger partial charge in [0.2, 0.25) is 11.6 Å². The zero-order chi connectivity index (χ0) is 21.3. The van der Waals surface area contributed by atoms with Crippen molar-refractivity contribution in [2.24, 2.45) is 0 Å². The Labute approximate surface area is 174 Å². The number of nitrogens with zero attached hydrogens (tertiary/aromatic N) is 4. The van der Waals surface area contributed by atoms with Crippen molar-refractivity contribution in [3.05, 3.63) is 46.1 Å². The van der Waals surface area contributed by atoms with Gasteiger partial charge in [-0.1, -0.05) is 11.8 Å².